The Labute approximate surface area is 131 Å². The molecule has 1 atom stereocenters. The van der Waals surface area contributed by atoms with Crippen molar-refractivity contribution in [2.75, 3.05) is 0 Å². The Kier molecular flexibility index (Phi) is 4.53. The normalized spacial score (nSPS) is 12.4. The quantitative estimate of drug-likeness (QED) is 0.710. The molecule has 1 aromatic heterocycles. The van der Waals surface area contributed by atoms with Crippen molar-refractivity contribution in [3.05, 3.63) is 38.1 Å². The lowest BCUT2D eigenvalue weighted by molar-refractivity contribution is -0.138. The van der Waals surface area contributed by atoms with E-state index in [1.54, 1.807) is 10.9 Å². The zero-order valence-electron chi connectivity index (χ0n) is 9.62. The number of rotatable bonds is 4. The molecule has 0 radical (unpaired) electrons. The molecule has 0 aliphatic rings. The predicted octanol–water partition coefficient (Wildman–Crippen LogP) is 1.59. The van der Waals surface area contributed by atoms with Crippen LogP contribution in [0.25, 0.3) is 5.69 Å². The summed E-state index contributed by atoms with van der Waals surface area (Å²) in [5.41, 5.74) is 6.88. The van der Waals surface area contributed by atoms with Gasteiger partial charge in [0.1, 0.15) is 6.04 Å². The molecule has 1 aromatic carbocycles. The molecule has 1 unspecified atom stereocenters. The van der Waals surface area contributed by atoms with Crippen molar-refractivity contribution in [3.63, 3.8) is 0 Å². The molecule has 3 N–H and O–H groups in total. The Balaban J connectivity index is 2.26. The van der Waals surface area contributed by atoms with Crippen LogP contribution in [0, 0.1) is 3.57 Å². The van der Waals surface area contributed by atoms with Gasteiger partial charge in [-0.2, -0.15) is 0 Å². The minimum absolute atomic E-state index is 0.153. The maximum absolute atomic E-state index is 10.7. The lowest BCUT2D eigenvalue weighted by Gasteiger charge is -2.04. The fraction of sp³-hybridized carbons (Fsp3) is 0.182. The number of nitrogens with zero attached hydrogens (tertiary/aromatic N) is 3. The first kappa shape index (κ1) is 14.4. The Bertz CT molecular complexity index is 616. The topological polar surface area (TPSA) is 94.0 Å². The van der Waals surface area contributed by atoms with E-state index < -0.39 is 12.0 Å². The number of benzene rings is 1. The van der Waals surface area contributed by atoms with E-state index in [2.05, 4.69) is 48.8 Å². The second-order valence-corrected chi connectivity index (χ2v) is 5.98. The molecule has 0 spiro atoms. The molecule has 0 fully saturated rings. The number of aliphatic carboxylic acids is 1. The van der Waals surface area contributed by atoms with E-state index >= 15 is 0 Å². The maximum Gasteiger partial charge on any atom is 0.320 e. The lowest BCUT2D eigenvalue weighted by atomic mass is 10.2. The van der Waals surface area contributed by atoms with Gasteiger partial charge in [-0.3, -0.25) is 4.79 Å². The number of carboxylic acids is 1. The first-order valence-electron chi connectivity index (χ1n) is 5.32. The van der Waals surface area contributed by atoms with Crippen molar-refractivity contribution in [3.8, 4) is 5.69 Å². The zero-order chi connectivity index (χ0) is 14.0. The number of hydrogen-bond donors (Lipinski definition) is 2. The van der Waals surface area contributed by atoms with Crippen molar-refractivity contribution < 1.29 is 9.90 Å². The molecule has 19 heavy (non-hydrogen) atoms. The minimum atomic E-state index is -1.05. The average Bonchev–Trinajstić information content (AvgIpc) is 2.80. The summed E-state index contributed by atoms with van der Waals surface area (Å²) < 4.78 is 3.55. The standard InChI is InChI=1S/C11H10BrIN4O2/c12-6-1-2-8(13)10(3-6)17-5-7(15-16-17)4-9(14)11(18)19/h1-3,5,9H,4,14H2,(H,18,19). The number of carbonyl (C=O) groups is 1. The van der Waals surface area contributed by atoms with E-state index in [4.69, 9.17) is 10.8 Å². The van der Waals surface area contributed by atoms with Crippen LogP contribution in [0.1, 0.15) is 5.69 Å². The minimum Gasteiger partial charge on any atom is -0.480 e. The first-order valence-corrected chi connectivity index (χ1v) is 7.19. The molecule has 2 rings (SSSR count). The monoisotopic (exact) mass is 436 g/mol. The summed E-state index contributed by atoms with van der Waals surface area (Å²) in [6, 6.07) is 4.83. The van der Waals surface area contributed by atoms with Crippen LogP contribution in [0.3, 0.4) is 0 Å². The van der Waals surface area contributed by atoms with Gasteiger partial charge in [0.2, 0.25) is 0 Å². The highest BCUT2D eigenvalue weighted by Crippen LogP contribution is 2.21. The number of aromatic nitrogens is 3. The van der Waals surface area contributed by atoms with Gasteiger partial charge in [0.05, 0.1) is 17.6 Å². The highest BCUT2D eigenvalue weighted by molar-refractivity contribution is 14.1. The molecule has 0 aliphatic heterocycles. The second-order valence-electron chi connectivity index (χ2n) is 3.90. The molecule has 0 saturated heterocycles. The van der Waals surface area contributed by atoms with E-state index in [-0.39, 0.29) is 6.42 Å². The van der Waals surface area contributed by atoms with Crippen molar-refractivity contribution in [2.45, 2.75) is 12.5 Å². The van der Waals surface area contributed by atoms with Crippen LogP contribution < -0.4 is 5.73 Å². The average molecular weight is 437 g/mol. The van der Waals surface area contributed by atoms with Gasteiger partial charge in [-0.1, -0.05) is 21.1 Å². The van der Waals surface area contributed by atoms with Crippen LogP contribution in [0.4, 0.5) is 0 Å². The third-order valence-corrected chi connectivity index (χ3v) is 3.85. The molecule has 0 aliphatic carbocycles. The fourth-order valence-corrected chi connectivity index (χ4v) is 2.42. The molecule has 0 bridgehead atoms. The molecular formula is C11H10BrIN4O2. The smallest absolute Gasteiger partial charge is 0.320 e. The van der Waals surface area contributed by atoms with Crippen molar-refractivity contribution in [1.82, 2.24) is 15.0 Å². The Morgan fingerprint density at radius 3 is 3.00 bits per heavy atom. The summed E-state index contributed by atoms with van der Waals surface area (Å²) in [4.78, 5) is 10.7. The van der Waals surface area contributed by atoms with Crippen LogP contribution in [-0.2, 0) is 11.2 Å². The molecule has 1 heterocycles. The van der Waals surface area contributed by atoms with E-state index in [0.717, 1.165) is 13.7 Å². The van der Waals surface area contributed by atoms with Gasteiger partial charge >= 0.3 is 5.97 Å². The van der Waals surface area contributed by atoms with Crippen molar-refractivity contribution in [2.24, 2.45) is 5.73 Å². The van der Waals surface area contributed by atoms with E-state index in [1.807, 2.05) is 18.2 Å². The third kappa shape index (κ3) is 3.51. The third-order valence-electron chi connectivity index (χ3n) is 2.44. The lowest BCUT2D eigenvalue weighted by Crippen LogP contribution is -2.32. The molecular weight excluding hydrogens is 427 g/mol. The summed E-state index contributed by atoms with van der Waals surface area (Å²) in [7, 11) is 0. The summed E-state index contributed by atoms with van der Waals surface area (Å²) in [6.45, 7) is 0. The molecule has 6 nitrogen and oxygen atoms in total. The highest BCUT2D eigenvalue weighted by atomic mass is 127. The molecule has 0 saturated carbocycles. The summed E-state index contributed by atoms with van der Waals surface area (Å²) in [5.74, 6) is -1.05. The first-order chi connectivity index (χ1) is 8.97. The summed E-state index contributed by atoms with van der Waals surface area (Å²) in [6.07, 6.45) is 1.84. The van der Waals surface area contributed by atoms with Gasteiger partial charge < -0.3 is 10.8 Å². The SMILES string of the molecule is NC(Cc1cn(-c2cc(Br)ccc2I)nn1)C(=O)O. The summed E-state index contributed by atoms with van der Waals surface area (Å²) >= 11 is 5.59. The van der Waals surface area contributed by atoms with E-state index in [0.29, 0.717) is 5.69 Å². The van der Waals surface area contributed by atoms with Gasteiger partial charge in [0.15, 0.2) is 0 Å². The second kappa shape index (κ2) is 5.97. The molecule has 0 amide bonds. The van der Waals surface area contributed by atoms with Gasteiger partial charge in [-0.05, 0) is 40.8 Å². The van der Waals surface area contributed by atoms with Gasteiger partial charge in [0.25, 0.3) is 0 Å². The predicted molar refractivity (Wildman–Crippen MR) is 81.1 cm³/mol. The summed E-state index contributed by atoms with van der Waals surface area (Å²) in [5, 5.41) is 16.7. The molecule has 100 valence electrons. The van der Waals surface area contributed by atoms with Crippen molar-refractivity contribution >= 4 is 44.5 Å². The maximum atomic E-state index is 10.7. The number of halogens is 2. The number of nitrogens with two attached hydrogens (primary N) is 1. The zero-order valence-corrected chi connectivity index (χ0v) is 13.4. The Morgan fingerprint density at radius 1 is 1.58 bits per heavy atom. The van der Waals surface area contributed by atoms with Crippen LogP contribution in [-0.4, -0.2) is 32.1 Å². The van der Waals surface area contributed by atoms with Gasteiger partial charge in [-0.15, -0.1) is 5.10 Å². The number of hydrogen-bond acceptors (Lipinski definition) is 4. The van der Waals surface area contributed by atoms with Crippen LogP contribution in [0.15, 0.2) is 28.9 Å². The van der Waals surface area contributed by atoms with E-state index in [1.165, 1.54) is 0 Å². The Hall–Kier alpha value is -1.00. The molecule has 8 heteroatoms. The van der Waals surface area contributed by atoms with Crippen LogP contribution in [0.2, 0.25) is 0 Å². The number of carboxylic acid groups (broad SMARTS) is 1. The Morgan fingerprint density at radius 2 is 2.32 bits per heavy atom. The fourth-order valence-electron chi connectivity index (χ4n) is 1.48. The van der Waals surface area contributed by atoms with Gasteiger partial charge in [-0.25, -0.2) is 4.68 Å². The van der Waals surface area contributed by atoms with Crippen molar-refractivity contribution in [1.29, 1.82) is 0 Å². The largest absolute Gasteiger partial charge is 0.480 e. The highest BCUT2D eigenvalue weighted by Gasteiger charge is 2.15. The van der Waals surface area contributed by atoms with E-state index in [9.17, 15) is 4.79 Å². The van der Waals surface area contributed by atoms with Gasteiger partial charge in [0, 0.05) is 14.5 Å². The van der Waals surface area contributed by atoms with Crippen LogP contribution >= 0.6 is 38.5 Å². The van der Waals surface area contributed by atoms with Crippen LogP contribution in [0.5, 0.6) is 0 Å². The molecule has 2 aromatic rings.